The van der Waals surface area contributed by atoms with Crippen LogP contribution in [0.15, 0.2) is 29.3 Å². The zero-order valence-electron chi connectivity index (χ0n) is 18.2. The number of likely N-dealkylation sites (tertiary alicyclic amines) is 1. The predicted molar refractivity (Wildman–Crippen MR) is 125 cm³/mol. The molecule has 0 amide bonds. The smallest absolute Gasteiger partial charge is 0.191 e. The predicted octanol–water partition coefficient (Wildman–Crippen LogP) is 3.12. The van der Waals surface area contributed by atoms with Gasteiger partial charge in [0.05, 0.1) is 6.54 Å². The third-order valence-electron chi connectivity index (χ3n) is 6.78. The molecule has 3 saturated heterocycles. The average molecular weight is 434 g/mol. The lowest BCUT2D eigenvalue weighted by atomic mass is 9.88. The number of anilines is 1. The monoisotopic (exact) mass is 433 g/mol. The number of guanidine groups is 1. The topological polar surface area (TPSA) is 52.1 Å². The van der Waals surface area contributed by atoms with Gasteiger partial charge in [0.15, 0.2) is 5.96 Å². The van der Waals surface area contributed by atoms with Crippen molar-refractivity contribution in [2.75, 3.05) is 57.4 Å². The SMILES string of the molecule is CCNC(=NCC1(N2CCCC2)CCOCC1)NC1CCN(c2cccc(Cl)c2)C1. The zero-order chi connectivity index (χ0) is 20.8. The highest BCUT2D eigenvalue weighted by Crippen LogP contribution is 2.31. The van der Waals surface area contributed by atoms with Crippen molar-refractivity contribution in [1.29, 1.82) is 0 Å². The minimum absolute atomic E-state index is 0.166. The maximum atomic E-state index is 6.18. The van der Waals surface area contributed by atoms with E-state index in [2.05, 4.69) is 33.4 Å². The van der Waals surface area contributed by atoms with Crippen molar-refractivity contribution in [3.05, 3.63) is 29.3 Å². The normalized spacial score (nSPS) is 24.9. The molecule has 0 saturated carbocycles. The van der Waals surface area contributed by atoms with Crippen LogP contribution in [0.1, 0.15) is 39.0 Å². The Morgan fingerprint density at radius 2 is 2.03 bits per heavy atom. The van der Waals surface area contributed by atoms with Crippen LogP contribution < -0.4 is 15.5 Å². The first-order chi connectivity index (χ1) is 14.7. The summed E-state index contributed by atoms with van der Waals surface area (Å²) in [5.41, 5.74) is 1.36. The first kappa shape index (κ1) is 21.7. The molecule has 1 atom stereocenters. The van der Waals surface area contributed by atoms with Crippen LogP contribution in [-0.2, 0) is 4.74 Å². The number of rotatable bonds is 6. The summed E-state index contributed by atoms with van der Waals surface area (Å²) >= 11 is 6.18. The van der Waals surface area contributed by atoms with Crippen LogP contribution in [0.5, 0.6) is 0 Å². The quantitative estimate of drug-likeness (QED) is 0.533. The number of nitrogens with zero attached hydrogens (tertiary/aromatic N) is 3. The Labute approximate surface area is 186 Å². The fourth-order valence-electron chi connectivity index (χ4n) is 5.04. The van der Waals surface area contributed by atoms with Crippen LogP contribution in [0.3, 0.4) is 0 Å². The number of nitrogens with one attached hydrogen (secondary N) is 2. The van der Waals surface area contributed by atoms with Crippen LogP contribution in [0, 0.1) is 0 Å². The van der Waals surface area contributed by atoms with E-state index in [0.717, 1.165) is 69.6 Å². The molecule has 1 aromatic rings. The summed E-state index contributed by atoms with van der Waals surface area (Å²) in [4.78, 5) is 10.2. The van der Waals surface area contributed by atoms with Crippen molar-refractivity contribution in [3.63, 3.8) is 0 Å². The first-order valence-electron chi connectivity index (χ1n) is 11.6. The van der Waals surface area contributed by atoms with Crippen LogP contribution in [0.25, 0.3) is 0 Å². The summed E-state index contributed by atoms with van der Waals surface area (Å²) in [5, 5.41) is 7.96. The summed E-state index contributed by atoms with van der Waals surface area (Å²) in [6, 6.07) is 8.53. The molecule has 0 radical (unpaired) electrons. The van der Waals surface area contributed by atoms with E-state index in [1.807, 2.05) is 18.2 Å². The van der Waals surface area contributed by atoms with Gasteiger partial charge in [-0.25, -0.2) is 0 Å². The second kappa shape index (κ2) is 10.2. The van der Waals surface area contributed by atoms with Gasteiger partial charge in [0.2, 0.25) is 0 Å². The molecule has 6 nitrogen and oxygen atoms in total. The molecule has 3 fully saturated rings. The highest BCUT2D eigenvalue weighted by molar-refractivity contribution is 6.30. The Morgan fingerprint density at radius 3 is 2.77 bits per heavy atom. The lowest BCUT2D eigenvalue weighted by Crippen LogP contribution is -2.54. The number of ether oxygens (including phenoxy) is 1. The molecule has 3 aliphatic heterocycles. The van der Waals surface area contributed by atoms with E-state index in [1.54, 1.807) is 0 Å². The molecule has 1 aromatic carbocycles. The van der Waals surface area contributed by atoms with E-state index < -0.39 is 0 Å². The fourth-order valence-corrected chi connectivity index (χ4v) is 5.23. The second-order valence-electron chi connectivity index (χ2n) is 8.78. The van der Waals surface area contributed by atoms with E-state index in [-0.39, 0.29) is 5.54 Å². The Kier molecular flexibility index (Phi) is 7.39. The molecule has 4 rings (SSSR count). The second-order valence-corrected chi connectivity index (χ2v) is 9.22. The molecule has 7 heteroatoms. The van der Waals surface area contributed by atoms with Gasteiger partial charge in [0.25, 0.3) is 0 Å². The summed E-state index contributed by atoms with van der Waals surface area (Å²) in [6.45, 7) is 9.97. The lowest BCUT2D eigenvalue weighted by molar-refractivity contribution is -0.0139. The van der Waals surface area contributed by atoms with Gasteiger partial charge in [-0.05, 0) is 70.3 Å². The highest BCUT2D eigenvalue weighted by Gasteiger charge is 2.39. The molecule has 0 spiro atoms. The fraction of sp³-hybridized carbons (Fsp3) is 0.696. The van der Waals surface area contributed by atoms with Crippen molar-refractivity contribution in [1.82, 2.24) is 15.5 Å². The Bertz CT molecular complexity index is 715. The Hall–Kier alpha value is -1.50. The first-order valence-corrected chi connectivity index (χ1v) is 11.9. The molecular weight excluding hydrogens is 398 g/mol. The maximum Gasteiger partial charge on any atom is 0.191 e. The van der Waals surface area contributed by atoms with Crippen molar-refractivity contribution in [2.45, 2.75) is 50.6 Å². The van der Waals surface area contributed by atoms with Crippen molar-refractivity contribution >= 4 is 23.2 Å². The van der Waals surface area contributed by atoms with Gasteiger partial charge in [-0.3, -0.25) is 9.89 Å². The third kappa shape index (κ3) is 5.21. The molecule has 3 aliphatic rings. The molecule has 0 aromatic heterocycles. The van der Waals surface area contributed by atoms with Gasteiger partial charge in [-0.15, -0.1) is 0 Å². The van der Waals surface area contributed by atoms with Gasteiger partial charge in [-0.1, -0.05) is 17.7 Å². The van der Waals surface area contributed by atoms with Crippen molar-refractivity contribution in [2.24, 2.45) is 4.99 Å². The van der Waals surface area contributed by atoms with Gasteiger partial charge >= 0.3 is 0 Å². The lowest BCUT2D eigenvalue weighted by Gasteiger charge is -2.43. The Balaban J connectivity index is 1.40. The number of benzene rings is 1. The standard InChI is InChI=1S/C23H36ClN5O/c1-2-25-22(26-18-23(9-14-30-15-10-23)29-11-3-4-12-29)27-20-8-13-28(17-20)21-7-5-6-19(24)16-21/h5-7,16,20H,2-4,8-15,17-18H2,1H3,(H2,25,26,27). The molecule has 30 heavy (non-hydrogen) atoms. The molecule has 0 aliphatic carbocycles. The largest absolute Gasteiger partial charge is 0.381 e. The van der Waals surface area contributed by atoms with E-state index in [1.165, 1.54) is 31.6 Å². The van der Waals surface area contributed by atoms with Crippen LogP contribution in [0.2, 0.25) is 5.02 Å². The van der Waals surface area contributed by atoms with E-state index in [0.29, 0.717) is 6.04 Å². The molecule has 3 heterocycles. The maximum absolute atomic E-state index is 6.18. The number of halogens is 1. The minimum atomic E-state index is 0.166. The van der Waals surface area contributed by atoms with Crippen molar-refractivity contribution in [3.8, 4) is 0 Å². The molecule has 2 N–H and O–H groups in total. The van der Waals surface area contributed by atoms with Gasteiger partial charge < -0.3 is 20.3 Å². The van der Waals surface area contributed by atoms with Crippen LogP contribution >= 0.6 is 11.6 Å². The third-order valence-corrected chi connectivity index (χ3v) is 7.01. The van der Waals surface area contributed by atoms with Gasteiger partial charge in [0, 0.05) is 55.1 Å². The number of aliphatic imine (C=N–C) groups is 1. The summed E-state index contributed by atoms with van der Waals surface area (Å²) in [7, 11) is 0. The number of hydrogen-bond acceptors (Lipinski definition) is 4. The van der Waals surface area contributed by atoms with Crippen LogP contribution in [0.4, 0.5) is 5.69 Å². The summed E-state index contributed by atoms with van der Waals surface area (Å²) in [5.74, 6) is 0.945. The number of hydrogen-bond donors (Lipinski definition) is 2. The van der Waals surface area contributed by atoms with Crippen LogP contribution in [-0.4, -0.2) is 74.9 Å². The van der Waals surface area contributed by atoms with Crippen molar-refractivity contribution < 1.29 is 4.74 Å². The molecule has 1 unspecified atom stereocenters. The van der Waals surface area contributed by atoms with E-state index in [4.69, 9.17) is 21.3 Å². The summed E-state index contributed by atoms with van der Waals surface area (Å²) in [6.07, 6.45) is 5.89. The minimum Gasteiger partial charge on any atom is -0.381 e. The zero-order valence-corrected chi connectivity index (χ0v) is 19.0. The molecule has 166 valence electrons. The Morgan fingerprint density at radius 1 is 1.23 bits per heavy atom. The van der Waals surface area contributed by atoms with Gasteiger partial charge in [-0.2, -0.15) is 0 Å². The summed E-state index contributed by atoms with van der Waals surface area (Å²) < 4.78 is 5.69. The average Bonchev–Trinajstić information content (AvgIpc) is 3.46. The molecular formula is C23H36ClN5O. The highest BCUT2D eigenvalue weighted by atomic mass is 35.5. The van der Waals surface area contributed by atoms with E-state index >= 15 is 0 Å². The van der Waals surface area contributed by atoms with E-state index in [9.17, 15) is 0 Å². The molecule has 0 bridgehead atoms. The van der Waals surface area contributed by atoms with Gasteiger partial charge in [0.1, 0.15) is 0 Å².